The van der Waals surface area contributed by atoms with E-state index in [9.17, 15) is 4.79 Å². The molecule has 0 spiro atoms. The molecule has 0 fully saturated rings. The fraction of sp³-hybridized carbons (Fsp3) is 0.250. The quantitative estimate of drug-likeness (QED) is 0.781. The van der Waals surface area contributed by atoms with Crippen LogP contribution in [-0.2, 0) is 6.54 Å². The standard InChI is InChI=1S/C16H16N4OS/c1-20-8-10-4-2-3-5-11(10)13(20)7-17-16(21)12-6-14-15(19-12)18-9-22-14/h2-6,9,13,19H,7-8H2,1H3,(H,17,21). The first-order valence-electron chi connectivity index (χ1n) is 7.21. The molecule has 1 unspecified atom stereocenters. The van der Waals surface area contributed by atoms with E-state index < -0.39 is 0 Å². The third-order valence-corrected chi connectivity index (χ3v) is 4.97. The van der Waals surface area contributed by atoms with Gasteiger partial charge in [-0.3, -0.25) is 9.69 Å². The van der Waals surface area contributed by atoms with Gasteiger partial charge in [-0.05, 0) is 24.2 Å². The molecule has 3 aromatic rings. The molecular formula is C16H16N4OS. The van der Waals surface area contributed by atoms with Crippen LogP contribution < -0.4 is 5.32 Å². The normalized spacial score (nSPS) is 17.8. The summed E-state index contributed by atoms with van der Waals surface area (Å²) in [5.74, 6) is -0.0806. The Morgan fingerprint density at radius 2 is 2.36 bits per heavy atom. The van der Waals surface area contributed by atoms with Crippen LogP contribution in [0.4, 0.5) is 0 Å². The molecule has 6 heteroatoms. The number of likely N-dealkylation sites (N-methyl/N-ethyl adjacent to an activating group) is 1. The second-order valence-corrected chi connectivity index (χ2v) is 6.47. The van der Waals surface area contributed by atoms with Crippen molar-refractivity contribution in [3.05, 3.63) is 52.7 Å². The van der Waals surface area contributed by atoms with Gasteiger partial charge >= 0.3 is 0 Å². The highest BCUT2D eigenvalue weighted by Gasteiger charge is 2.27. The summed E-state index contributed by atoms with van der Waals surface area (Å²) in [7, 11) is 2.09. The van der Waals surface area contributed by atoms with Gasteiger partial charge in [-0.1, -0.05) is 24.3 Å². The first-order valence-corrected chi connectivity index (χ1v) is 8.09. The van der Waals surface area contributed by atoms with Crippen molar-refractivity contribution in [1.82, 2.24) is 20.2 Å². The summed E-state index contributed by atoms with van der Waals surface area (Å²) < 4.78 is 1.01. The SMILES string of the molecule is CN1Cc2ccccc2C1CNC(=O)c1cc2scnc2[nH]1. The van der Waals surface area contributed by atoms with Crippen LogP contribution in [0.5, 0.6) is 0 Å². The van der Waals surface area contributed by atoms with Crippen LogP contribution >= 0.6 is 11.3 Å². The molecule has 2 aromatic heterocycles. The molecule has 1 amide bonds. The number of carbonyl (C=O) groups is 1. The molecule has 1 atom stereocenters. The van der Waals surface area contributed by atoms with Crippen LogP contribution in [0.3, 0.4) is 0 Å². The van der Waals surface area contributed by atoms with E-state index in [1.807, 2.05) is 6.07 Å². The van der Waals surface area contributed by atoms with Gasteiger partial charge < -0.3 is 10.3 Å². The van der Waals surface area contributed by atoms with Crippen molar-refractivity contribution < 1.29 is 4.79 Å². The fourth-order valence-corrected chi connectivity index (χ4v) is 3.71. The lowest BCUT2D eigenvalue weighted by molar-refractivity contribution is 0.0936. The van der Waals surface area contributed by atoms with E-state index in [0.717, 1.165) is 16.9 Å². The van der Waals surface area contributed by atoms with E-state index in [4.69, 9.17) is 0 Å². The highest BCUT2D eigenvalue weighted by atomic mass is 32.1. The number of thiazole rings is 1. The third kappa shape index (κ3) is 2.20. The minimum Gasteiger partial charge on any atom is -0.349 e. The average molecular weight is 312 g/mol. The van der Waals surface area contributed by atoms with Gasteiger partial charge in [-0.2, -0.15) is 0 Å². The summed E-state index contributed by atoms with van der Waals surface area (Å²) in [5, 5.41) is 3.03. The molecular weight excluding hydrogens is 296 g/mol. The molecule has 0 saturated heterocycles. The molecule has 0 bridgehead atoms. The summed E-state index contributed by atoms with van der Waals surface area (Å²) in [5.41, 5.74) is 5.77. The number of fused-ring (bicyclic) bond motifs is 2. The van der Waals surface area contributed by atoms with Gasteiger partial charge in [0.05, 0.1) is 16.3 Å². The first kappa shape index (κ1) is 13.5. The lowest BCUT2D eigenvalue weighted by Gasteiger charge is -2.20. The van der Waals surface area contributed by atoms with E-state index in [2.05, 4.69) is 51.5 Å². The van der Waals surface area contributed by atoms with Crippen molar-refractivity contribution in [3.63, 3.8) is 0 Å². The molecule has 5 nitrogen and oxygen atoms in total. The summed E-state index contributed by atoms with van der Waals surface area (Å²) in [6.45, 7) is 1.53. The van der Waals surface area contributed by atoms with Crippen molar-refractivity contribution in [2.75, 3.05) is 13.6 Å². The lowest BCUT2D eigenvalue weighted by Crippen LogP contribution is -2.33. The Kier molecular flexibility index (Phi) is 3.20. The van der Waals surface area contributed by atoms with E-state index in [1.54, 1.807) is 5.51 Å². The minimum atomic E-state index is -0.0806. The second kappa shape index (κ2) is 5.23. The predicted octanol–water partition coefficient (Wildman–Crippen LogP) is 2.54. The molecule has 112 valence electrons. The van der Waals surface area contributed by atoms with E-state index >= 15 is 0 Å². The molecule has 3 heterocycles. The molecule has 1 aromatic carbocycles. The minimum absolute atomic E-state index is 0.0806. The summed E-state index contributed by atoms with van der Waals surface area (Å²) in [6.07, 6.45) is 0. The van der Waals surface area contributed by atoms with E-state index in [1.165, 1.54) is 22.5 Å². The molecule has 0 radical (unpaired) electrons. The number of benzene rings is 1. The van der Waals surface area contributed by atoms with Crippen LogP contribution in [-0.4, -0.2) is 34.4 Å². The number of H-pyrrole nitrogens is 1. The number of aromatic amines is 1. The second-order valence-electron chi connectivity index (χ2n) is 5.59. The lowest BCUT2D eigenvalue weighted by atomic mass is 10.1. The summed E-state index contributed by atoms with van der Waals surface area (Å²) >= 11 is 1.53. The Bertz CT molecular complexity index is 809. The third-order valence-electron chi connectivity index (χ3n) is 4.19. The number of nitrogens with one attached hydrogen (secondary N) is 2. The smallest absolute Gasteiger partial charge is 0.267 e. The maximum absolute atomic E-state index is 12.3. The first-order chi connectivity index (χ1) is 10.7. The molecule has 1 aliphatic rings. The van der Waals surface area contributed by atoms with Gasteiger partial charge in [0.1, 0.15) is 11.3 Å². The largest absolute Gasteiger partial charge is 0.349 e. The van der Waals surface area contributed by atoms with Crippen molar-refractivity contribution in [2.45, 2.75) is 12.6 Å². The predicted molar refractivity (Wildman–Crippen MR) is 87.0 cm³/mol. The van der Waals surface area contributed by atoms with Gasteiger partial charge in [0.25, 0.3) is 5.91 Å². The van der Waals surface area contributed by atoms with Crippen LogP contribution in [0.2, 0.25) is 0 Å². The number of rotatable bonds is 3. The van der Waals surface area contributed by atoms with Crippen LogP contribution in [0, 0.1) is 0 Å². The highest BCUT2D eigenvalue weighted by Crippen LogP contribution is 2.31. The fourth-order valence-electron chi connectivity index (χ4n) is 3.04. The van der Waals surface area contributed by atoms with Crippen molar-refractivity contribution in [1.29, 1.82) is 0 Å². The number of hydrogen-bond donors (Lipinski definition) is 2. The zero-order valence-corrected chi connectivity index (χ0v) is 13.0. The van der Waals surface area contributed by atoms with Crippen molar-refractivity contribution >= 4 is 27.6 Å². The van der Waals surface area contributed by atoms with Gasteiger partial charge in [0.2, 0.25) is 0 Å². The molecule has 2 N–H and O–H groups in total. The van der Waals surface area contributed by atoms with Crippen LogP contribution in [0.25, 0.3) is 10.3 Å². The maximum Gasteiger partial charge on any atom is 0.267 e. The molecule has 4 rings (SSSR count). The molecule has 22 heavy (non-hydrogen) atoms. The summed E-state index contributed by atoms with van der Waals surface area (Å²) in [6, 6.07) is 10.5. The number of amides is 1. The Labute approximate surface area is 132 Å². The summed E-state index contributed by atoms with van der Waals surface area (Å²) in [4.78, 5) is 21.8. The van der Waals surface area contributed by atoms with Crippen molar-refractivity contribution in [2.24, 2.45) is 0 Å². The maximum atomic E-state index is 12.3. The number of nitrogens with zero attached hydrogens (tertiary/aromatic N) is 2. The van der Waals surface area contributed by atoms with E-state index in [-0.39, 0.29) is 11.9 Å². The topological polar surface area (TPSA) is 61.0 Å². The highest BCUT2D eigenvalue weighted by molar-refractivity contribution is 7.16. The molecule has 0 aliphatic carbocycles. The van der Waals surface area contributed by atoms with Gasteiger partial charge in [0.15, 0.2) is 0 Å². The molecule has 1 aliphatic heterocycles. The number of hydrogen-bond acceptors (Lipinski definition) is 4. The Morgan fingerprint density at radius 3 is 3.23 bits per heavy atom. The Balaban J connectivity index is 1.48. The Morgan fingerprint density at radius 1 is 1.50 bits per heavy atom. The van der Waals surface area contributed by atoms with E-state index in [0.29, 0.717) is 12.2 Å². The van der Waals surface area contributed by atoms with Crippen LogP contribution in [0.1, 0.15) is 27.7 Å². The monoisotopic (exact) mass is 312 g/mol. The van der Waals surface area contributed by atoms with Gasteiger partial charge in [-0.15, -0.1) is 11.3 Å². The molecule has 0 saturated carbocycles. The zero-order chi connectivity index (χ0) is 15.1. The Hall–Kier alpha value is -2.18. The van der Waals surface area contributed by atoms with Gasteiger partial charge in [-0.25, -0.2) is 4.98 Å². The van der Waals surface area contributed by atoms with Crippen molar-refractivity contribution in [3.8, 4) is 0 Å². The van der Waals surface area contributed by atoms with Gasteiger partial charge in [0, 0.05) is 13.1 Å². The zero-order valence-electron chi connectivity index (χ0n) is 12.2. The number of carbonyl (C=O) groups excluding carboxylic acids is 1. The van der Waals surface area contributed by atoms with Crippen LogP contribution in [0.15, 0.2) is 35.8 Å². The number of aromatic nitrogens is 2. The average Bonchev–Trinajstić information content (AvgIpc) is 3.17.